The van der Waals surface area contributed by atoms with Gasteiger partial charge in [0.2, 0.25) is 0 Å². The largest absolute Gasteiger partial charge is 0.370 e. The predicted octanol–water partition coefficient (Wildman–Crippen LogP) is 4.10. The van der Waals surface area contributed by atoms with Crippen molar-refractivity contribution in [3.05, 3.63) is 50.0 Å². The number of hydrogen-bond acceptors (Lipinski definition) is 5. The van der Waals surface area contributed by atoms with Crippen molar-refractivity contribution in [2.45, 2.75) is 33.2 Å². The van der Waals surface area contributed by atoms with Gasteiger partial charge in [-0.15, -0.1) is 11.3 Å². The molecule has 0 amide bonds. The molecular formula is C14H17N3O2S. The summed E-state index contributed by atoms with van der Waals surface area (Å²) < 4.78 is 0. The van der Waals surface area contributed by atoms with Gasteiger partial charge in [-0.05, 0) is 25.8 Å². The number of aromatic nitrogens is 1. The lowest BCUT2D eigenvalue weighted by Gasteiger charge is -2.14. The first kappa shape index (κ1) is 14.5. The van der Waals surface area contributed by atoms with Gasteiger partial charge in [0.15, 0.2) is 0 Å². The molecule has 6 heteroatoms. The third kappa shape index (κ3) is 2.96. The summed E-state index contributed by atoms with van der Waals surface area (Å²) in [6.45, 7) is 5.91. The zero-order valence-corrected chi connectivity index (χ0v) is 12.5. The van der Waals surface area contributed by atoms with Gasteiger partial charge in [-0.25, -0.2) is 4.98 Å². The van der Waals surface area contributed by atoms with E-state index in [4.69, 9.17) is 0 Å². The van der Waals surface area contributed by atoms with Crippen molar-refractivity contribution < 1.29 is 4.92 Å². The van der Waals surface area contributed by atoms with E-state index in [0.29, 0.717) is 5.69 Å². The first-order valence-corrected chi connectivity index (χ1v) is 7.29. The molecule has 2 aromatic rings. The smallest absolute Gasteiger partial charge is 0.292 e. The van der Waals surface area contributed by atoms with E-state index in [1.807, 2.05) is 26.1 Å². The zero-order chi connectivity index (χ0) is 14.7. The maximum atomic E-state index is 11.1. The van der Waals surface area contributed by atoms with E-state index in [0.717, 1.165) is 17.0 Å². The fourth-order valence-corrected chi connectivity index (χ4v) is 2.82. The van der Waals surface area contributed by atoms with Crippen molar-refractivity contribution in [1.29, 1.82) is 0 Å². The van der Waals surface area contributed by atoms with Crippen LogP contribution in [-0.2, 0) is 6.42 Å². The molecule has 0 saturated heterocycles. The van der Waals surface area contributed by atoms with Crippen LogP contribution in [-0.4, -0.2) is 9.91 Å². The molecule has 1 unspecified atom stereocenters. The summed E-state index contributed by atoms with van der Waals surface area (Å²) in [5.41, 5.74) is 1.53. The van der Waals surface area contributed by atoms with E-state index in [1.165, 1.54) is 10.9 Å². The minimum atomic E-state index is -0.360. The highest BCUT2D eigenvalue weighted by molar-refractivity contribution is 7.11. The van der Waals surface area contributed by atoms with Crippen molar-refractivity contribution in [3.8, 4) is 0 Å². The summed E-state index contributed by atoms with van der Waals surface area (Å²) >= 11 is 1.64. The van der Waals surface area contributed by atoms with Crippen LogP contribution in [0.25, 0.3) is 0 Å². The average molecular weight is 291 g/mol. The Morgan fingerprint density at radius 2 is 2.25 bits per heavy atom. The third-order valence-corrected chi connectivity index (χ3v) is 4.42. The lowest BCUT2D eigenvalue weighted by molar-refractivity contribution is -0.384. The fourth-order valence-electron chi connectivity index (χ4n) is 1.96. The second-order valence-electron chi connectivity index (χ2n) is 4.61. The van der Waals surface area contributed by atoms with Crippen LogP contribution in [0.15, 0.2) is 24.4 Å². The number of hydrogen-bond donors (Lipinski definition) is 1. The van der Waals surface area contributed by atoms with E-state index in [-0.39, 0.29) is 16.7 Å². The first-order chi connectivity index (χ1) is 9.52. The minimum Gasteiger partial charge on any atom is -0.370 e. The van der Waals surface area contributed by atoms with Crippen molar-refractivity contribution in [3.63, 3.8) is 0 Å². The van der Waals surface area contributed by atoms with Gasteiger partial charge in [-0.2, -0.15) is 0 Å². The molecule has 1 heterocycles. The number of aryl methyl sites for hydroxylation is 2. The maximum Gasteiger partial charge on any atom is 0.292 e. The molecular weight excluding hydrogens is 274 g/mol. The Hall–Kier alpha value is -1.95. The molecule has 0 fully saturated rings. The van der Waals surface area contributed by atoms with Gasteiger partial charge in [0.1, 0.15) is 10.7 Å². The van der Waals surface area contributed by atoms with E-state index in [9.17, 15) is 10.1 Å². The molecule has 1 atom stereocenters. The molecule has 2 rings (SSSR count). The number of nitro groups is 1. The summed E-state index contributed by atoms with van der Waals surface area (Å²) in [5, 5.41) is 15.3. The number of nitrogens with one attached hydrogen (secondary N) is 1. The van der Waals surface area contributed by atoms with Crippen molar-refractivity contribution in [1.82, 2.24) is 4.98 Å². The Labute approximate surface area is 121 Å². The third-order valence-electron chi connectivity index (χ3n) is 3.10. The highest BCUT2D eigenvalue weighted by atomic mass is 32.1. The Bertz CT molecular complexity index is 625. The molecule has 1 aromatic heterocycles. The lowest BCUT2D eigenvalue weighted by atomic mass is 10.1. The average Bonchev–Trinajstić information content (AvgIpc) is 2.89. The van der Waals surface area contributed by atoms with Gasteiger partial charge >= 0.3 is 0 Å². The quantitative estimate of drug-likeness (QED) is 0.665. The molecule has 0 radical (unpaired) electrons. The van der Waals surface area contributed by atoms with Crippen LogP contribution in [0.1, 0.15) is 35.3 Å². The maximum absolute atomic E-state index is 11.1. The van der Waals surface area contributed by atoms with Gasteiger partial charge < -0.3 is 5.32 Å². The molecule has 1 aromatic carbocycles. The van der Waals surface area contributed by atoms with Crippen LogP contribution in [0.4, 0.5) is 11.4 Å². The summed E-state index contributed by atoms with van der Waals surface area (Å²) in [7, 11) is 0. The number of thiazole rings is 1. The highest BCUT2D eigenvalue weighted by Crippen LogP contribution is 2.32. The predicted molar refractivity (Wildman–Crippen MR) is 81.4 cm³/mol. The second kappa shape index (κ2) is 6.00. The summed E-state index contributed by atoms with van der Waals surface area (Å²) in [5.74, 6) is 0. The lowest BCUT2D eigenvalue weighted by Crippen LogP contribution is -2.09. The number of anilines is 1. The van der Waals surface area contributed by atoms with Crippen LogP contribution in [0, 0.1) is 17.0 Å². The molecule has 0 aliphatic carbocycles. The van der Waals surface area contributed by atoms with Crippen molar-refractivity contribution in [2.24, 2.45) is 0 Å². The number of nitrogens with zero attached hydrogens (tertiary/aromatic N) is 2. The topological polar surface area (TPSA) is 68.1 Å². The molecule has 0 saturated carbocycles. The fraction of sp³-hybridized carbons (Fsp3) is 0.357. The molecule has 5 nitrogen and oxygen atoms in total. The summed E-state index contributed by atoms with van der Waals surface area (Å²) in [6, 6.07) is 5.02. The molecule has 0 spiro atoms. The van der Waals surface area contributed by atoms with Gasteiger partial charge in [0.05, 0.1) is 11.0 Å². The van der Waals surface area contributed by atoms with Crippen LogP contribution in [0.3, 0.4) is 0 Å². The Balaban J connectivity index is 2.27. The number of nitro benzene ring substituents is 1. The van der Waals surface area contributed by atoms with E-state index >= 15 is 0 Å². The van der Waals surface area contributed by atoms with E-state index in [1.54, 1.807) is 17.4 Å². The molecule has 106 valence electrons. The summed E-state index contributed by atoms with van der Waals surface area (Å²) in [6.07, 6.45) is 2.82. The standard InChI is InChI=1S/C14H17N3O2S/c1-4-11-8-15-14(20-11)10(3)16-13-9(2)6-5-7-12(13)17(18)19/h5-8,10,16H,4H2,1-3H3. The van der Waals surface area contributed by atoms with Crippen LogP contribution < -0.4 is 5.32 Å². The number of rotatable bonds is 5. The van der Waals surface area contributed by atoms with E-state index < -0.39 is 0 Å². The van der Waals surface area contributed by atoms with Crippen LogP contribution in [0.2, 0.25) is 0 Å². The highest BCUT2D eigenvalue weighted by Gasteiger charge is 2.19. The van der Waals surface area contributed by atoms with Crippen LogP contribution >= 0.6 is 11.3 Å². The van der Waals surface area contributed by atoms with Crippen molar-refractivity contribution in [2.75, 3.05) is 5.32 Å². The minimum absolute atomic E-state index is 0.0555. The van der Waals surface area contributed by atoms with Crippen LogP contribution in [0.5, 0.6) is 0 Å². The molecule has 1 N–H and O–H groups in total. The molecule has 20 heavy (non-hydrogen) atoms. The van der Waals surface area contributed by atoms with Gasteiger partial charge in [0, 0.05) is 17.1 Å². The van der Waals surface area contributed by atoms with Gasteiger partial charge in [-0.1, -0.05) is 19.1 Å². The van der Waals surface area contributed by atoms with Gasteiger partial charge in [0.25, 0.3) is 5.69 Å². The Morgan fingerprint density at radius 3 is 2.85 bits per heavy atom. The van der Waals surface area contributed by atoms with Crippen molar-refractivity contribution >= 4 is 22.7 Å². The first-order valence-electron chi connectivity index (χ1n) is 6.48. The monoisotopic (exact) mass is 291 g/mol. The van der Waals surface area contributed by atoms with E-state index in [2.05, 4.69) is 17.2 Å². The molecule has 0 bridgehead atoms. The Kier molecular flexibility index (Phi) is 4.34. The number of para-hydroxylation sites is 1. The zero-order valence-electron chi connectivity index (χ0n) is 11.7. The van der Waals surface area contributed by atoms with Gasteiger partial charge in [-0.3, -0.25) is 10.1 Å². The molecule has 0 aliphatic rings. The molecule has 0 aliphatic heterocycles. The Morgan fingerprint density at radius 1 is 1.50 bits per heavy atom. The SMILES string of the molecule is CCc1cnc(C(C)Nc2c(C)cccc2[N+](=O)[O-])s1. The normalized spacial score (nSPS) is 12.2. The number of benzene rings is 1. The summed E-state index contributed by atoms with van der Waals surface area (Å²) in [4.78, 5) is 16.3. The second-order valence-corrected chi connectivity index (χ2v) is 5.76.